The molecule has 1 fully saturated rings. The van der Waals surface area contributed by atoms with E-state index in [4.69, 9.17) is 4.74 Å². The number of hydrogen-bond acceptors (Lipinski definition) is 7. The van der Waals surface area contributed by atoms with Gasteiger partial charge in [0.25, 0.3) is 5.91 Å². The Balaban J connectivity index is 1.62. The summed E-state index contributed by atoms with van der Waals surface area (Å²) in [5.41, 5.74) is 0.144. The molecule has 0 saturated carbocycles. The molecule has 0 aliphatic carbocycles. The van der Waals surface area contributed by atoms with E-state index in [9.17, 15) is 24.3 Å². The molecular formula is C24H20FN5O4. The Bertz CT molecular complexity index is 1280. The third-order valence-electron chi connectivity index (χ3n) is 5.65. The van der Waals surface area contributed by atoms with E-state index >= 15 is 0 Å². The number of benzene rings is 1. The van der Waals surface area contributed by atoms with Crippen LogP contribution in [0.3, 0.4) is 0 Å². The van der Waals surface area contributed by atoms with Crippen LogP contribution in [0.4, 0.5) is 4.39 Å². The van der Waals surface area contributed by atoms with Gasteiger partial charge in [0.1, 0.15) is 23.6 Å². The van der Waals surface area contributed by atoms with Crippen LogP contribution in [-0.2, 0) is 0 Å². The van der Waals surface area contributed by atoms with Crippen LogP contribution in [0.25, 0.3) is 11.4 Å². The topological polar surface area (TPSA) is 129 Å². The van der Waals surface area contributed by atoms with Gasteiger partial charge in [0, 0.05) is 30.2 Å². The molecule has 4 rings (SSSR count). The lowest BCUT2D eigenvalue weighted by molar-refractivity contribution is 0.0363. The SMILES string of the molecule is C[C@@H]1CC[C@@H](Oc2nccc(C#N)c2C(=O)O)CN1C(=O)c1ccc(F)cc1-c1ncccn1. The van der Waals surface area contributed by atoms with Crippen LogP contribution in [0, 0.1) is 17.1 Å². The molecule has 0 spiro atoms. The van der Waals surface area contributed by atoms with Gasteiger partial charge in [0.2, 0.25) is 5.88 Å². The number of aromatic nitrogens is 3. The molecule has 1 amide bonds. The van der Waals surface area contributed by atoms with Gasteiger partial charge in [-0.3, -0.25) is 4.79 Å². The largest absolute Gasteiger partial charge is 0.477 e. The number of piperidine rings is 1. The standard InChI is InChI=1S/C24H20FN5O4/c1-14-3-5-17(34-22-20(24(32)33)15(12-26)7-10-29-22)13-30(14)23(31)18-6-4-16(25)11-19(18)21-27-8-2-9-28-21/h2,4,6-11,14,17H,3,5,13H2,1H3,(H,32,33)/t14-,17-/m1/s1. The third kappa shape index (κ3) is 4.54. The molecule has 3 heterocycles. The first-order chi connectivity index (χ1) is 16.4. The van der Waals surface area contributed by atoms with Crippen LogP contribution in [0.2, 0.25) is 0 Å². The minimum absolute atomic E-state index is 0.0616. The second-order valence-electron chi connectivity index (χ2n) is 7.84. The van der Waals surface area contributed by atoms with Crippen molar-refractivity contribution in [3.8, 4) is 23.3 Å². The average molecular weight is 461 g/mol. The van der Waals surface area contributed by atoms with Crippen molar-refractivity contribution >= 4 is 11.9 Å². The summed E-state index contributed by atoms with van der Waals surface area (Å²) in [7, 11) is 0. The fourth-order valence-electron chi connectivity index (χ4n) is 3.92. The molecule has 172 valence electrons. The number of carbonyl (C=O) groups is 2. The van der Waals surface area contributed by atoms with Crippen molar-refractivity contribution < 1.29 is 23.8 Å². The zero-order chi connectivity index (χ0) is 24.2. The Morgan fingerprint density at radius 2 is 1.94 bits per heavy atom. The zero-order valence-electron chi connectivity index (χ0n) is 18.2. The zero-order valence-corrected chi connectivity index (χ0v) is 18.2. The molecule has 0 radical (unpaired) electrons. The van der Waals surface area contributed by atoms with E-state index < -0.39 is 17.9 Å². The number of aromatic carboxylic acids is 1. The number of carboxylic acids is 1. The number of likely N-dealkylation sites (tertiary alicyclic amines) is 1. The number of rotatable bonds is 5. The molecule has 1 aliphatic heterocycles. The van der Waals surface area contributed by atoms with Gasteiger partial charge in [-0.1, -0.05) is 0 Å². The monoisotopic (exact) mass is 461 g/mol. The maximum Gasteiger partial charge on any atom is 0.342 e. The highest BCUT2D eigenvalue weighted by molar-refractivity contribution is 6.00. The fourth-order valence-corrected chi connectivity index (χ4v) is 3.92. The van der Waals surface area contributed by atoms with Crippen molar-refractivity contribution in [2.75, 3.05) is 6.54 Å². The van der Waals surface area contributed by atoms with Crippen molar-refractivity contribution in [3.05, 3.63) is 71.4 Å². The Morgan fingerprint density at radius 3 is 2.65 bits per heavy atom. The Morgan fingerprint density at radius 1 is 1.18 bits per heavy atom. The van der Waals surface area contributed by atoms with Crippen LogP contribution in [0.15, 0.2) is 48.9 Å². The van der Waals surface area contributed by atoms with Crippen molar-refractivity contribution in [1.29, 1.82) is 5.26 Å². The van der Waals surface area contributed by atoms with Crippen molar-refractivity contribution in [3.63, 3.8) is 0 Å². The highest BCUT2D eigenvalue weighted by Gasteiger charge is 2.33. The first kappa shape index (κ1) is 22.8. The fraction of sp³-hybridized carbons (Fsp3) is 0.250. The summed E-state index contributed by atoms with van der Waals surface area (Å²) in [5, 5.41) is 18.7. The van der Waals surface area contributed by atoms with Crippen molar-refractivity contribution in [1.82, 2.24) is 19.9 Å². The number of nitriles is 1. The predicted molar refractivity (Wildman–Crippen MR) is 117 cm³/mol. The number of pyridine rings is 1. The Hall–Kier alpha value is -4.39. The first-order valence-corrected chi connectivity index (χ1v) is 10.6. The molecule has 0 unspecified atom stereocenters. The van der Waals surface area contributed by atoms with Crippen LogP contribution in [0.5, 0.6) is 5.88 Å². The molecule has 3 aromatic rings. The minimum atomic E-state index is -1.32. The van der Waals surface area contributed by atoms with Crippen LogP contribution < -0.4 is 4.74 Å². The van der Waals surface area contributed by atoms with Gasteiger partial charge >= 0.3 is 5.97 Å². The van der Waals surface area contributed by atoms with Gasteiger partial charge < -0.3 is 14.7 Å². The number of halogens is 1. The van der Waals surface area contributed by atoms with Crippen LogP contribution >= 0.6 is 0 Å². The normalized spacial score (nSPS) is 17.6. The summed E-state index contributed by atoms with van der Waals surface area (Å²) < 4.78 is 19.9. The predicted octanol–water partition coefficient (Wildman–Crippen LogP) is 3.32. The summed E-state index contributed by atoms with van der Waals surface area (Å²) in [6, 6.07) is 8.45. The molecule has 0 bridgehead atoms. The highest BCUT2D eigenvalue weighted by Crippen LogP contribution is 2.28. The van der Waals surface area contributed by atoms with Gasteiger partial charge in [-0.2, -0.15) is 5.26 Å². The summed E-state index contributed by atoms with van der Waals surface area (Å²) in [5.74, 6) is -2.13. The maximum atomic E-state index is 14.0. The third-order valence-corrected chi connectivity index (χ3v) is 5.65. The molecule has 1 aromatic carbocycles. The average Bonchev–Trinajstić information content (AvgIpc) is 2.85. The highest BCUT2D eigenvalue weighted by atomic mass is 19.1. The first-order valence-electron chi connectivity index (χ1n) is 10.6. The van der Waals surface area contributed by atoms with Gasteiger partial charge in [-0.15, -0.1) is 0 Å². The lowest BCUT2D eigenvalue weighted by atomic mass is 9.98. The Kier molecular flexibility index (Phi) is 6.45. The summed E-state index contributed by atoms with van der Waals surface area (Å²) in [6.07, 6.45) is 4.93. The number of carboxylic acid groups (broad SMARTS) is 1. The molecular weight excluding hydrogens is 441 g/mol. The molecule has 9 nitrogen and oxygen atoms in total. The molecule has 1 saturated heterocycles. The number of ether oxygens (including phenoxy) is 1. The van der Waals surface area contributed by atoms with Gasteiger partial charge in [0.05, 0.1) is 17.7 Å². The lowest BCUT2D eigenvalue weighted by Crippen LogP contribution is -2.49. The molecule has 2 atom stereocenters. The second kappa shape index (κ2) is 9.62. The van der Waals surface area contributed by atoms with E-state index in [1.54, 1.807) is 11.0 Å². The lowest BCUT2D eigenvalue weighted by Gasteiger charge is -2.38. The van der Waals surface area contributed by atoms with Gasteiger partial charge in [-0.25, -0.2) is 24.1 Å². The van der Waals surface area contributed by atoms with Gasteiger partial charge in [0.15, 0.2) is 5.82 Å². The van der Waals surface area contributed by atoms with Crippen molar-refractivity contribution in [2.45, 2.75) is 31.9 Å². The van der Waals surface area contributed by atoms with E-state index in [0.29, 0.717) is 12.8 Å². The molecule has 34 heavy (non-hydrogen) atoms. The van der Waals surface area contributed by atoms with E-state index in [1.807, 2.05) is 13.0 Å². The van der Waals surface area contributed by atoms with E-state index in [-0.39, 0.29) is 52.5 Å². The van der Waals surface area contributed by atoms with E-state index in [2.05, 4.69) is 15.0 Å². The van der Waals surface area contributed by atoms with Gasteiger partial charge in [-0.05, 0) is 50.1 Å². The Labute approximate surface area is 194 Å². The molecule has 1 N–H and O–H groups in total. The minimum Gasteiger partial charge on any atom is -0.477 e. The molecule has 1 aliphatic rings. The van der Waals surface area contributed by atoms with Crippen molar-refractivity contribution in [2.24, 2.45) is 0 Å². The summed E-state index contributed by atoms with van der Waals surface area (Å²) >= 11 is 0. The number of amides is 1. The van der Waals surface area contributed by atoms with Crippen LogP contribution in [-0.4, -0.2) is 55.5 Å². The van der Waals surface area contributed by atoms with E-state index in [1.165, 1.54) is 42.9 Å². The maximum absolute atomic E-state index is 14.0. The number of hydrogen-bond donors (Lipinski definition) is 1. The molecule has 2 aromatic heterocycles. The summed E-state index contributed by atoms with van der Waals surface area (Å²) in [4.78, 5) is 39.1. The summed E-state index contributed by atoms with van der Waals surface area (Å²) in [6.45, 7) is 2.05. The van der Waals surface area contributed by atoms with Crippen LogP contribution in [0.1, 0.15) is 46.0 Å². The molecule has 10 heteroatoms. The number of nitrogens with zero attached hydrogens (tertiary/aromatic N) is 5. The quantitative estimate of drug-likeness (QED) is 0.613. The van der Waals surface area contributed by atoms with E-state index in [0.717, 1.165) is 0 Å². The number of carbonyl (C=O) groups excluding carboxylic acids is 1. The second-order valence-corrected chi connectivity index (χ2v) is 7.84. The smallest absolute Gasteiger partial charge is 0.342 e.